The number of methoxy groups -OCH3 is 1. The van der Waals surface area contributed by atoms with E-state index in [1.54, 1.807) is 0 Å². The molecule has 3 unspecified atom stereocenters. The smallest absolute Gasteiger partial charge is 0.323 e. The highest BCUT2D eigenvalue weighted by Crippen LogP contribution is 2.13. The van der Waals surface area contributed by atoms with Crippen molar-refractivity contribution in [1.29, 1.82) is 0 Å². The summed E-state index contributed by atoms with van der Waals surface area (Å²) in [7, 11) is -2.49. The molecule has 0 aromatic heterocycles. The van der Waals surface area contributed by atoms with Crippen LogP contribution >= 0.6 is 0 Å². The molecule has 1 heterocycles. The molecule has 0 saturated carbocycles. The summed E-state index contributed by atoms with van der Waals surface area (Å²) in [6, 6.07) is -0.909. The van der Waals surface area contributed by atoms with Gasteiger partial charge < -0.3 is 9.47 Å². The van der Waals surface area contributed by atoms with E-state index < -0.39 is 22.2 Å². The largest absolute Gasteiger partial charge is 0.468 e. The van der Waals surface area contributed by atoms with Crippen molar-refractivity contribution in [3.8, 4) is 0 Å². The Bertz CT molecular complexity index is 387. The van der Waals surface area contributed by atoms with Crippen LogP contribution < -0.4 is 4.72 Å². The monoisotopic (exact) mass is 280 g/mol. The first kappa shape index (κ1) is 15.4. The lowest BCUT2D eigenvalue weighted by atomic mass is 10.3. The number of esters is 1. The number of carbonyl (C=O) groups is 1. The number of hydrogen-bond acceptors (Lipinski definition) is 5. The lowest BCUT2D eigenvalue weighted by molar-refractivity contribution is -0.142. The molecule has 18 heavy (non-hydrogen) atoms. The highest BCUT2D eigenvalue weighted by atomic mass is 32.2. The summed E-state index contributed by atoms with van der Waals surface area (Å²) in [5.74, 6) is -0.618. The summed E-state index contributed by atoms with van der Waals surface area (Å²) in [6.07, 6.45) is -0.336. The molecule has 0 amide bonds. The van der Waals surface area contributed by atoms with Crippen molar-refractivity contribution in [1.82, 2.24) is 9.03 Å². The normalized spacial score (nSPS) is 27.8. The predicted molar refractivity (Wildman–Crippen MR) is 65.1 cm³/mol. The first-order valence-electron chi connectivity index (χ1n) is 5.77. The van der Waals surface area contributed by atoms with Crippen LogP contribution in [0, 0.1) is 0 Å². The van der Waals surface area contributed by atoms with Crippen LogP contribution in [-0.2, 0) is 24.5 Å². The minimum Gasteiger partial charge on any atom is -0.468 e. The zero-order chi connectivity index (χ0) is 13.9. The Kier molecular flexibility index (Phi) is 5.09. The SMILES string of the molecule is COC(=O)C(C)NS(=O)(=O)N1CC(C)OC(C)C1. The molecule has 0 bridgehead atoms. The van der Waals surface area contributed by atoms with Crippen molar-refractivity contribution in [2.24, 2.45) is 0 Å². The Morgan fingerprint density at radius 3 is 2.33 bits per heavy atom. The average molecular weight is 280 g/mol. The molecule has 7 nitrogen and oxygen atoms in total. The van der Waals surface area contributed by atoms with Gasteiger partial charge >= 0.3 is 5.97 Å². The minimum atomic E-state index is -3.70. The van der Waals surface area contributed by atoms with Gasteiger partial charge in [-0.25, -0.2) is 0 Å². The molecule has 106 valence electrons. The van der Waals surface area contributed by atoms with Crippen molar-refractivity contribution >= 4 is 16.2 Å². The summed E-state index contributed by atoms with van der Waals surface area (Å²) < 4.78 is 37.6. The maximum Gasteiger partial charge on any atom is 0.323 e. The van der Waals surface area contributed by atoms with E-state index >= 15 is 0 Å². The van der Waals surface area contributed by atoms with E-state index in [4.69, 9.17) is 4.74 Å². The molecule has 8 heteroatoms. The van der Waals surface area contributed by atoms with E-state index in [0.29, 0.717) is 0 Å². The van der Waals surface area contributed by atoms with Gasteiger partial charge in [-0.3, -0.25) is 4.79 Å². The number of hydrogen-bond donors (Lipinski definition) is 1. The van der Waals surface area contributed by atoms with Crippen LogP contribution in [0.25, 0.3) is 0 Å². The maximum absolute atomic E-state index is 12.1. The van der Waals surface area contributed by atoms with Gasteiger partial charge in [0.05, 0.1) is 19.3 Å². The third-order valence-electron chi connectivity index (χ3n) is 2.61. The van der Waals surface area contributed by atoms with Crippen molar-refractivity contribution in [2.45, 2.75) is 39.0 Å². The van der Waals surface area contributed by atoms with E-state index in [2.05, 4.69) is 9.46 Å². The van der Waals surface area contributed by atoms with Crippen LogP contribution in [0.3, 0.4) is 0 Å². The standard InChI is InChI=1S/C10H20N2O5S/c1-7-5-12(6-8(2)17-7)18(14,15)11-9(3)10(13)16-4/h7-9,11H,5-6H2,1-4H3. The fraction of sp³-hybridized carbons (Fsp3) is 0.900. The zero-order valence-corrected chi connectivity index (χ0v) is 11.9. The van der Waals surface area contributed by atoms with Crippen LogP contribution in [0.15, 0.2) is 0 Å². The molecule has 3 atom stereocenters. The average Bonchev–Trinajstić information content (AvgIpc) is 2.26. The fourth-order valence-electron chi connectivity index (χ4n) is 1.85. The van der Waals surface area contributed by atoms with Gasteiger partial charge in [0.1, 0.15) is 6.04 Å². The summed E-state index contributed by atoms with van der Waals surface area (Å²) >= 11 is 0. The third-order valence-corrected chi connectivity index (χ3v) is 4.24. The van der Waals surface area contributed by atoms with Crippen LogP contribution in [0.5, 0.6) is 0 Å². The summed E-state index contributed by atoms with van der Waals surface area (Å²) in [5.41, 5.74) is 0. The molecule has 1 rings (SSSR count). The molecule has 1 aliphatic heterocycles. The van der Waals surface area contributed by atoms with E-state index in [1.165, 1.54) is 18.3 Å². The molecule has 0 radical (unpaired) electrons. The zero-order valence-electron chi connectivity index (χ0n) is 11.0. The molecule has 1 aliphatic rings. The van der Waals surface area contributed by atoms with Crippen LogP contribution in [0.1, 0.15) is 20.8 Å². The second kappa shape index (κ2) is 5.96. The first-order valence-corrected chi connectivity index (χ1v) is 7.21. The topological polar surface area (TPSA) is 84.9 Å². The molecule has 0 aromatic rings. The Balaban J connectivity index is 2.71. The van der Waals surface area contributed by atoms with Gasteiger partial charge in [0.25, 0.3) is 10.2 Å². The van der Waals surface area contributed by atoms with E-state index in [1.807, 2.05) is 13.8 Å². The molecule has 0 aliphatic carbocycles. The molecular weight excluding hydrogens is 260 g/mol. The van der Waals surface area contributed by atoms with Gasteiger partial charge in [0, 0.05) is 13.1 Å². The first-order chi connectivity index (χ1) is 8.26. The number of carbonyl (C=O) groups excluding carboxylic acids is 1. The minimum absolute atomic E-state index is 0.168. The summed E-state index contributed by atoms with van der Waals surface area (Å²) in [4.78, 5) is 11.2. The molecule has 1 fully saturated rings. The number of nitrogens with zero attached hydrogens (tertiary/aromatic N) is 1. The third kappa shape index (κ3) is 3.91. The maximum atomic E-state index is 12.1. The Labute approximate surface area is 108 Å². The van der Waals surface area contributed by atoms with E-state index in [9.17, 15) is 13.2 Å². The van der Waals surface area contributed by atoms with Gasteiger partial charge in [-0.2, -0.15) is 17.4 Å². The van der Waals surface area contributed by atoms with Crippen LogP contribution in [0.4, 0.5) is 0 Å². The molecule has 0 aromatic carbocycles. The highest BCUT2D eigenvalue weighted by Gasteiger charge is 2.33. The van der Waals surface area contributed by atoms with Crippen molar-refractivity contribution in [3.63, 3.8) is 0 Å². The Morgan fingerprint density at radius 1 is 1.39 bits per heavy atom. The van der Waals surface area contributed by atoms with E-state index in [-0.39, 0.29) is 25.3 Å². The quantitative estimate of drug-likeness (QED) is 0.701. The molecule has 1 N–H and O–H groups in total. The van der Waals surface area contributed by atoms with Crippen LogP contribution in [-0.4, -0.2) is 57.1 Å². The van der Waals surface area contributed by atoms with Gasteiger partial charge in [0.15, 0.2) is 0 Å². The second-order valence-electron chi connectivity index (χ2n) is 4.44. The lowest BCUT2D eigenvalue weighted by Crippen LogP contribution is -2.54. The fourth-order valence-corrected chi connectivity index (χ4v) is 3.35. The predicted octanol–water partition coefficient (Wildman–Crippen LogP) is -0.508. The van der Waals surface area contributed by atoms with Gasteiger partial charge in [-0.15, -0.1) is 0 Å². The number of nitrogens with one attached hydrogen (secondary N) is 1. The lowest BCUT2D eigenvalue weighted by Gasteiger charge is -2.34. The number of morpholine rings is 1. The number of rotatable bonds is 4. The Morgan fingerprint density at radius 2 is 1.89 bits per heavy atom. The Hall–Kier alpha value is -0.700. The summed E-state index contributed by atoms with van der Waals surface area (Å²) in [5, 5.41) is 0. The van der Waals surface area contributed by atoms with Gasteiger partial charge in [-0.05, 0) is 20.8 Å². The number of ether oxygens (including phenoxy) is 2. The molecule has 0 spiro atoms. The van der Waals surface area contributed by atoms with Crippen LogP contribution in [0.2, 0.25) is 0 Å². The van der Waals surface area contributed by atoms with Gasteiger partial charge in [0.2, 0.25) is 0 Å². The molecule has 1 saturated heterocycles. The van der Waals surface area contributed by atoms with Crippen molar-refractivity contribution in [3.05, 3.63) is 0 Å². The van der Waals surface area contributed by atoms with Crippen molar-refractivity contribution < 1.29 is 22.7 Å². The van der Waals surface area contributed by atoms with Gasteiger partial charge in [-0.1, -0.05) is 0 Å². The second-order valence-corrected chi connectivity index (χ2v) is 6.14. The van der Waals surface area contributed by atoms with Crippen molar-refractivity contribution in [2.75, 3.05) is 20.2 Å². The highest BCUT2D eigenvalue weighted by molar-refractivity contribution is 7.87. The van der Waals surface area contributed by atoms with E-state index in [0.717, 1.165) is 0 Å². The summed E-state index contributed by atoms with van der Waals surface area (Å²) in [6.45, 7) is 5.60. The molecular formula is C10H20N2O5S.